The van der Waals surface area contributed by atoms with Crippen LogP contribution >= 0.6 is 0 Å². The second kappa shape index (κ2) is 10.4. The normalized spacial score (nSPS) is 11.3. The molecule has 0 aliphatic rings. The summed E-state index contributed by atoms with van der Waals surface area (Å²) in [5, 5.41) is 9.68. The summed E-state index contributed by atoms with van der Waals surface area (Å²) < 4.78 is 7.33. The van der Waals surface area contributed by atoms with Gasteiger partial charge in [-0.2, -0.15) is 0 Å². The summed E-state index contributed by atoms with van der Waals surface area (Å²) >= 11 is 0. The Bertz CT molecular complexity index is 485. The van der Waals surface area contributed by atoms with E-state index in [1.807, 2.05) is 11.5 Å². The molecule has 126 valence electrons. The first-order valence-corrected chi connectivity index (χ1v) is 8.34. The fourth-order valence-electron chi connectivity index (χ4n) is 2.39. The van der Waals surface area contributed by atoms with Gasteiger partial charge >= 0.3 is 0 Å². The molecule has 5 heteroatoms. The minimum atomic E-state index is -0.303. The van der Waals surface area contributed by atoms with Crippen molar-refractivity contribution in [1.29, 1.82) is 0 Å². The first-order chi connectivity index (χ1) is 10.6. The molecule has 0 aliphatic carbocycles. The number of hydrogen-bond acceptors (Lipinski definition) is 4. The summed E-state index contributed by atoms with van der Waals surface area (Å²) in [5.74, 6) is -0.184. The molecular weight excluding hydrogens is 280 g/mol. The molecule has 0 radical (unpaired) electrons. The Kier molecular flexibility index (Phi) is 8.85. The number of rotatable bonds is 11. The van der Waals surface area contributed by atoms with Crippen LogP contribution in [0.25, 0.3) is 0 Å². The van der Waals surface area contributed by atoms with Crippen molar-refractivity contribution in [1.82, 2.24) is 9.47 Å². The Morgan fingerprint density at radius 3 is 2.68 bits per heavy atom. The predicted molar refractivity (Wildman–Crippen MR) is 89.3 cm³/mol. The molecule has 0 atom stereocenters. The lowest BCUT2D eigenvalue weighted by Crippen LogP contribution is -2.27. The van der Waals surface area contributed by atoms with E-state index in [1.165, 1.54) is 0 Å². The Labute approximate surface area is 133 Å². The minimum absolute atomic E-state index is 0.184. The molecule has 0 amide bonds. The van der Waals surface area contributed by atoms with Gasteiger partial charge in [-0.05, 0) is 32.9 Å². The summed E-state index contributed by atoms with van der Waals surface area (Å²) in [6.07, 6.45) is 4.73. The molecule has 5 nitrogen and oxygen atoms in total. The van der Waals surface area contributed by atoms with Crippen molar-refractivity contribution in [3.8, 4) is 5.75 Å². The SMILES string of the molecule is CCCCN(CC)Cc1cc(=O)c(O)cn1CCCOCC. The Morgan fingerprint density at radius 1 is 1.27 bits per heavy atom. The number of hydrogen-bond donors (Lipinski definition) is 1. The van der Waals surface area contributed by atoms with E-state index in [0.717, 1.165) is 51.1 Å². The smallest absolute Gasteiger partial charge is 0.223 e. The second-order valence-electron chi connectivity index (χ2n) is 5.48. The molecule has 1 rings (SSSR count). The van der Waals surface area contributed by atoms with Gasteiger partial charge < -0.3 is 14.4 Å². The standard InChI is InChI=1S/C17H30N2O3/c1-4-7-9-18(5-2)13-15-12-16(20)17(21)14-19(15)10-8-11-22-6-3/h12,14,21H,4-11,13H2,1-3H3. The largest absolute Gasteiger partial charge is 0.503 e. The fraction of sp³-hybridized carbons (Fsp3) is 0.706. The van der Waals surface area contributed by atoms with E-state index in [2.05, 4.69) is 18.7 Å². The second-order valence-corrected chi connectivity index (χ2v) is 5.48. The van der Waals surface area contributed by atoms with Crippen LogP contribution in [0, 0.1) is 0 Å². The van der Waals surface area contributed by atoms with Gasteiger partial charge in [0.25, 0.3) is 0 Å². The lowest BCUT2D eigenvalue weighted by Gasteiger charge is -2.23. The number of aromatic nitrogens is 1. The third kappa shape index (κ3) is 6.20. The lowest BCUT2D eigenvalue weighted by atomic mass is 10.2. The van der Waals surface area contributed by atoms with Crippen molar-refractivity contribution in [2.24, 2.45) is 0 Å². The summed E-state index contributed by atoms with van der Waals surface area (Å²) in [6.45, 7) is 11.2. The highest BCUT2D eigenvalue weighted by Gasteiger charge is 2.10. The van der Waals surface area contributed by atoms with E-state index in [4.69, 9.17) is 4.74 Å². The van der Waals surface area contributed by atoms with Gasteiger partial charge in [-0.3, -0.25) is 9.69 Å². The topological polar surface area (TPSA) is 54.7 Å². The molecule has 22 heavy (non-hydrogen) atoms. The van der Waals surface area contributed by atoms with Crippen LogP contribution in [0.15, 0.2) is 17.1 Å². The zero-order valence-corrected chi connectivity index (χ0v) is 14.2. The molecule has 0 spiro atoms. The quantitative estimate of drug-likeness (QED) is 0.638. The highest BCUT2D eigenvalue weighted by molar-refractivity contribution is 5.20. The first-order valence-electron chi connectivity index (χ1n) is 8.34. The Morgan fingerprint density at radius 2 is 2.05 bits per heavy atom. The van der Waals surface area contributed by atoms with Crippen LogP contribution in [0.2, 0.25) is 0 Å². The molecule has 1 aromatic rings. The molecule has 0 fully saturated rings. The summed E-state index contributed by atoms with van der Waals surface area (Å²) in [7, 11) is 0. The van der Waals surface area contributed by atoms with Gasteiger partial charge in [0.05, 0.1) is 6.20 Å². The van der Waals surface area contributed by atoms with Crippen LogP contribution < -0.4 is 5.43 Å². The van der Waals surface area contributed by atoms with E-state index in [-0.39, 0.29) is 11.2 Å². The van der Waals surface area contributed by atoms with E-state index < -0.39 is 0 Å². The zero-order chi connectivity index (χ0) is 16.4. The number of nitrogens with zero attached hydrogens (tertiary/aromatic N) is 2. The van der Waals surface area contributed by atoms with Gasteiger partial charge in [0, 0.05) is 38.1 Å². The average Bonchev–Trinajstić information content (AvgIpc) is 2.52. The van der Waals surface area contributed by atoms with Gasteiger partial charge in [0.1, 0.15) is 0 Å². The third-order valence-corrected chi connectivity index (χ3v) is 3.75. The van der Waals surface area contributed by atoms with E-state index in [1.54, 1.807) is 12.3 Å². The molecular formula is C17H30N2O3. The number of ether oxygens (including phenoxy) is 1. The summed E-state index contributed by atoms with van der Waals surface area (Å²) in [4.78, 5) is 14.1. The van der Waals surface area contributed by atoms with Gasteiger partial charge in [-0.15, -0.1) is 0 Å². The van der Waals surface area contributed by atoms with Crippen LogP contribution in [0.3, 0.4) is 0 Å². The highest BCUT2D eigenvalue weighted by atomic mass is 16.5. The number of pyridine rings is 1. The number of unbranched alkanes of at least 4 members (excludes halogenated alkanes) is 1. The molecule has 0 bridgehead atoms. The summed E-state index contributed by atoms with van der Waals surface area (Å²) in [5.41, 5.74) is 0.653. The first kappa shape index (κ1) is 18.7. The molecule has 0 saturated heterocycles. The van der Waals surface area contributed by atoms with E-state index in [9.17, 15) is 9.90 Å². The maximum Gasteiger partial charge on any atom is 0.223 e. The third-order valence-electron chi connectivity index (χ3n) is 3.75. The van der Waals surface area contributed by atoms with Crippen LogP contribution in [0.5, 0.6) is 5.75 Å². The van der Waals surface area contributed by atoms with E-state index >= 15 is 0 Å². The van der Waals surface area contributed by atoms with E-state index in [0.29, 0.717) is 13.2 Å². The van der Waals surface area contributed by atoms with Gasteiger partial charge in [0.2, 0.25) is 5.43 Å². The van der Waals surface area contributed by atoms with Crippen molar-refractivity contribution in [2.75, 3.05) is 26.3 Å². The minimum Gasteiger partial charge on any atom is -0.503 e. The Balaban J connectivity index is 2.80. The van der Waals surface area contributed by atoms with Crippen molar-refractivity contribution in [2.45, 2.75) is 53.1 Å². The molecule has 0 aliphatic heterocycles. The van der Waals surface area contributed by atoms with Crippen LogP contribution in [0.1, 0.15) is 45.7 Å². The zero-order valence-electron chi connectivity index (χ0n) is 14.2. The fourth-order valence-corrected chi connectivity index (χ4v) is 2.39. The van der Waals surface area contributed by atoms with Crippen molar-refractivity contribution < 1.29 is 9.84 Å². The lowest BCUT2D eigenvalue weighted by molar-refractivity contribution is 0.141. The Hall–Kier alpha value is -1.33. The van der Waals surface area contributed by atoms with Crippen LogP contribution in [0.4, 0.5) is 0 Å². The van der Waals surface area contributed by atoms with Crippen LogP contribution in [-0.4, -0.2) is 40.9 Å². The van der Waals surface area contributed by atoms with Crippen molar-refractivity contribution in [3.63, 3.8) is 0 Å². The van der Waals surface area contributed by atoms with Crippen molar-refractivity contribution >= 4 is 0 Å². The van der Waals surface area contributed by atoms with Crippen LogP contribution in [-0.2, 0) is 17.8 Å². The predicted octanol–water partition coefficient (Wildman–Crippen LogP) is 2.60. The number of aromatic hydroxyl groups is 1. The molecule has 1 heterocycles. The summed E-state index contributed by atoms with van der Waals surface area (Å²) in [6, 6.07) is 1.56. The van der Waals surface area contributed by atoms with Gasteiger partial charge in [0.15, 0.2) is 5.75 Å². The molecule has 1 aromatic heterocycles. The monoisotopic (exact) mass is 310 g/mol. The van der Waals surface area contributed by atoms with Gasteiger partial charge in [-0.25, -0.2) is 0 Å². The molecule has 0 aromatic carbocycles. The number of aryl methyl sites for hydroxylation is 1. The molecule has 1 N–H and O–H groups in total. The van der Waals surface area contributed by atoms with Crippen molar-refractivity contribution in [3.05, 3.63) is 28.2 Å². The molecule has 0 saturated carbocycles. The molecule has 0 unspecified atom stereocenters. The maximum absolute atomic E-state index is 11.7. The average molecular weight is 310 g/mol. The highest BCUT2D eigenvalue weighted by Crippen LogP contribution is 2.10. The maximum atomic E-state index is 11.7. The van der Waals surface area contributed by atoms with Gasteiger partial charge in [-0.1, -0.05) is 20.3 Å².